The Morgan fingerprint density at radius 1 is 1.17 bits per heavy atom. The average Bonchev–Trinajstić information content (AvgIpc) is 2.95. The van der Waals surface area contributed by atoms with E-state index < -0.39 is 0 Å². The minimum Gasteiger partial charge on any atom is -0.496 e. The van der Waals surface area contributed by atoms with Crippen LogP contribution < -0.4 is 10.6 Å². The van der Waals surface area contributed by atoms with Crippen LogP contribution in [0.5, 0.6) is 5.75 Å². The van der Waals surface area contributed by atoms with Gasteiger partial charge in [-0.05, 0) is 40.5 Å². The van der Waals surface area contributed by atoms with Crippen LogP contribution in [-0.4, -0.2) is 22.0 Å². The summed E-state index contributed by atoms with van der Waals surface area (Å²) in [5.74, 6) is 8.37. The highest BCUT2D eigenvalue weighted by Gasteiger charge is 2.12. The van der Waals surface area contributed by atoms with Crippen LogP contribution in [-0.2, 0) is 5.75 Å². The van der Waals surface area contributed by atoms with Gasteiger partial charge in [0.15, 0.2) is 5.82 Å². The molecule has 3 rings (SSSR count). The molecule has 3 aromatic rings. The highest BCUT2D eigenvalue weighted by Crippen LogP contribution is 2.29. The molecule has 0 saturated carbocycles. The van der Waals surface area contributed by atoms with Crippen molar-refractivity contribution in [1.82, 2.24) is 14.9 Å². The van der Waals surface area contributed by atoms with Crippen molar-refractivity contribution in [2.45, 2.75) is 17.8 Å². The molecule has 0 aliphatic rings. The Labute approximate surface area is 153 Å². The van der Waals surface area contributed by atoms with Gasteiger partial charge in [0.1, 0.15) is 5.75 Å². The lowest BCUT2D eigenvalue weighted by molar-refractivity contribution is 0.412. The highest BCUT2D eigenvalue weighted by molar-refractivity contribution is 9.10. The summed E-state index contributed by atoms with van der Waals surface area (Å²) in [7, 11) is 1.65. The number of methoxy groups -OCH3 is 1. The van der Waals surface area contributed by atoms with Crippen LogP contribution in [0.1, 0.15) is 11.1 Å². The van der Waals surface area contributed by atoms with Crippen LogP contribution in [0.15, 0.2) is 52.1 Å². The van der Waals surface area contributed by atoms with E-state index in [4.69, 9.17) is 10.6 Å². The molecule has 0 radical (unpaired) electrons. The van der Waals surface area contributed by atoms with Gasteiger partial charge in [-0.2, -0.15) is 0 Å². The Kier molecular flexibility index (Phi) is 5.11. The van der Waals surface area contributed by atoms with Crippen molar-refractivity contribution in [1.29, 1.82) is 0 Å². The quantitative estimate of drug-likeness (QED) is 0.513. The van der Waals surface area contributed by atoms with Crippen LogP contribution >= 0.6 is 27.7 Å². The summed E-state index contributed by atoms with van der Waals surface area (Å²) in [6.07, 6.45) is 0. The zero-order valence-electron chi connectivity index (χ0n) is 13.4. The fraction of sp³-hybridized carbons (Fsp3) is 0.176. The van der Waals surface area contributed by atoms with E-state index in [2.05, 4.69) is 26.1 Å². The average molecular weight is 405 g/mol. The van der Waals surface area contributed by atoms with Gasteiger partial charge in [-0.1, -0.05) is 47.7 Å². The summed E-state index contributed by atoms with van der Waals surface area (Å²) in [6, 6.07) is 14.1. The molecular formula is C17H17BrN4OS. The number of halogens is 1. The molecule has 0 fully saturated rings. The molecule has 1 aromatic heterocycles. The van der Waals surface area contributed by atoms with Gasteiger partial charge in [0, 0.05) is 11.3 Å². The maximum atomic E-state index is 6.15. The number of thioether (sulfide) groups is 1. The number of aryl methyl sites for hydroxylation is 1. The zero-order valence-corrected chi connectivity index (χ0v) is 15.8. The first-order valence-corrected chi connectivity index (χ1v) is 9.09. The molecule has 0 aliphatic heterocycles. The van der Waals surface area contributed by atoms with Crippen molar-refractivity contribution in [2.24, 2.45) is 0 Å². The fourth-order valence-electron chi connectivity index (χ4n) is 2.22. The smallest absolute Gasteiger partial charge is 0.210 e. The van der Waals surface area contributed by atoms with Gasteiger partial charge in [0.25, 0.3) is 0 Å². The van der Waals surface area contributed by atoms with Crippen LogP contribution in [0.25, 0.3) is 11.4 Å². The molecule has 0 unspecified atom stereocenters. The van der Waals surface area contributed by atoms with Gasteiger partial charge >= 0.3 is 0 Å². The summed E-state index contributed by atoms with van der Waals surface area (Å²) in [4.78, 5) is 0. The summed E-state index contributed by atoms with van der Waals surface area (Å²) in [5.41, 5.74) is 3.30. The first-order valence-electron chi connectivity index (χ1n) is 7.31. The van der Waals surface area contributed by atoms with E-state index in [0.717, 1.165) is 27.1 Å². The SMILES string of the molecule is COc1ccc(CSc2nnc(-c3ccc(C)cc3)n2N)cc1Br. The first-order chi connectivity index (χ1) is 11.6. The van der Waals surface area contributed by atoms with Crippen LogP contribution in [0, 0.1) is 6.92 Å². The number of aromatic nitrogens is 3. The number of nitrogens with two attached hydrogens (primary N) is 1. The van der Waals surface area contributed by atoms with Crippen molar-refractivity contribution in [3.8, 4) is 17.1 Å². The lowest BCUT2D eigenvalue weighted by Crippen LogP contribution is -2.11. The number of nitrogen functional groups attached to an aromatic ring is 1. The van der Waals surface area contributed by atoms with Crippen molar-refractivity contribution >= 4 is 27.7 Å². The maximum absolute atomic E-state index is 6.15. The zero-order chi connectivity index (χ0) is 17.1. The normalized spacial score (nSPS) is 10.8. The molecule has 2 aromatic carbocycles. The molecule has 0 saturated heterocycles. The Bertz CT molecular complexity index is 848. The van der Waals surface area contributed by atoms with Gasteiger partial charge in [0.2, 0.25) is 5.16 Å². The van der Waals surface area contributed by atoms with E-state index in [1.165, 1.54) is 10.2 Å². The molecule has 0 bridgehead atoms. The van der Waals surface area contributed by atoms with Crippen molar-refractivity contribution in [3.05, 3.63) is 58.1 Å². The third-order valence-corrected chi connectivity index (χ3v) is 5.19. The highest BCUT2D eigenvalue weighted by atomic mass is 79.9. The number of nitrogens with zero attached hydrogens (tertiary/aromatic N) is 3. The largest absolute Gasteiger partial charge is 0.496 e. The molecule has 1 heterocycles. The van der Waals surface area contributed by atoms with Crippen molar-refractivity contribution in [3.63, 3.8) is 0 Å². The van der Waals surface area contributed by atoms with E-state index in [1.54, 1.807) is 18.9 Å². The number of hydrogen-bond acceptors (Lipinski definition) is 5. The van der Waals surface area contributed by atoms with Crippen molar-refractivity contribution < 1.29 is 4.74 Å². The molecule has 24 heavy (non-hydrogen) atoms. The second-order valence-corrected chi connectivity index (χ2v) is 7.10. The van der Waals surface area contributed by atoms with E-state index in [9.17, 15) is 0 Å². The number of rotatable bonds is 5. The Hall–Kier alpha value is -1.99. The fourth-order valence-corrected chi connectivity index (χ4v) is 3.61. The van der Waals surface area contributed by atoms with Crippen LogP contribution in [0.2, 0.25) is 0 Å². The van der Waals surface area contributed by atoms with Gasteiger partial charge < -0.3 is 10.6 Å². The molecule has 0 amide bonds. The molecule has 0 aliphatic carbocycles. The lowest BCUT2D eigenvalue weighted by atomic mass is 10.1. The minimum atomic E-state index is 0.661. The number of ether oxygens (including phenoxy) is 1. The van der Waals surface area contributed by atoms with E-state index in [-0.39, 0.29) is 0 Å². The van der Waals surface area contributed by atoms with Gasteiger partial charge in [-0.15, -0.1) is 10.2 Å². The predicted octanol–water partition coefficient (Wildman–Crippen LogP) is 4.03. The lowest BCUT2D eigenvalue weighted by Gasteiger charge is -2.06. The first kappa shape index (κ1) is 16.9. The maximum Gasteiger partial charge on any atom is 0.210 e. The predicted molar refractivity (Wildman–Crippen MR) is 101 cm³/mol. The summed E-state index contributed by atoms with van der Waals surface area (Å²) in [6.45, 7) is 2.05. The standard InChI is InChI=1S/C17H17BrN4OS/c1-11-3-6-13(7-4-11)16-20-21-17(22(16)19)24-10-12-5-8-15(23-2)14(18)9-12/h3-9H,10,19H2,1-2H3. The Morgan fingerprint density at radius 2 is 1.92 bits per heavy atom. The summed E-state index contributed by atoms with van der Waals surface area (Å²) >= 11 is 5.04. The summed E-state index contributed by atoms with van der Waals surface area (Å²) in [5, 5.41) is 9.09. The third-order valence-electron chi connectivity index (χ3n) is 3.56. The molecule has 124 valence electrons. The molecule has 0 atom stereocenters. The van der Waals surface area contributed by atoms with E-state index >= 15 is 0 Å². The summed E-state index contributed by atoms with van der Waals surface area (Å²) < 4.78 is 7.71. The van der Waals surface area contributed by atoms with Crippen LogP contribution in [0.3, 0.4) is 0 Å². The van der Waals surface area contributed by atoms with Crippen molar-refractivity contribution in [2.75, 3.05) is 13.0 Å². The number of hydrogen-bond donors (Lipinski definition) is 1. The second kappa shape index (κ2) is 7.27. The van der Waals surface area contributed by atoms with Gasteiger partial charge in [-0.3, -0.25) is 0 Å². The van der Waals surface area contributed by atoms with Gasteiger partial charge in [0.05, 0.1) is 11.6 Å². The minimum absolute atomic E-state index is 0.661. The second-order valence-electron chi connectivity index (χ2n) is 5.30. The molecule has 7 heteroatoms. The Balaban J connectivity index is 1.75. The topological polar surface area (TPSA) is 66.0 Å². The van der Waals surface area contributed by atoms with E-state index in [1.807, 2.05) is 49.4 Å². The van der Waals surface area contributed by atoms with Gasteiger partial charge in [-0.25, -0.2) is 4.68 Å². The number of benzene rings is 2. The van der Waals surface area contributed by atoms with Crippen LogP contribution in [0.4, 0.5) is 0 Å². The monoisotopic (exact) mass is 404 g/mol. The molecule has 5 nitrogen and oxygen atoms in total. The third kappa shape index (κ3) is 3.57. The Morgan fingerprint density at radius 3 is 2.58 bits per heavy atom. The molecule has 0 spiro atoms. The molecule has 2 N–H and O–H groups in total. The molecular weight excluding hydrogens is 388 g/mol. The van der Waals surface area contributed by atoms with E-state index in [0.29, 0.717) is 11.0 Å².